The highest BCUT2D eigenvalue weighted by Crippen LogP contribution is 2.29. The fraction of sp³-hybridized carbons (Fsp3) is 0.471. The first-order valence-electron chi connectivity index (χ1n) is 8.53. The van der Waals surface area contributed by atoms with Crippen LogP contribution in [0, 0.1) is 0 Å². The number of sulfone groups is 1. The first kappa shape index (κ1) is 17.2. The van der Waals surface area contributed by atoms with Gasteiger partial charge in [0.15, 0.2) is 9.84 Å². The normalized spacial score (nSPS) is 27.8. The Kier molecular flexibility index (Phi) is 4.07. The molecule has 26 heavy (non-hydrogen) atoms. The van der Waals surface area contributed by atoms with Crippen LogP contribution in [0.2, 0.25) is 0 Å². The highest BCUT2D eigenvalue weighted by Gasteiger charge is 2.44. The van der Waals surface area contributed by atoms with Crippen LogP contribution >= 0.6 is 0 Å². The average Bonchev–Trinajstić information content (AvgIpc) is 3.29. The summed E-state index contributed by atoms with van der Waals surface area (Å²) < 4.78 is 23.4. The van der Waals surface area contributed by atoms with E-state index in [4.69, 9.17) is 4.84 Å². The van der Waals surface area contributed by atoms with Crippen molar-refractivity contribution in [2.45, 2.75) is 31.3 Å². The van der Waals surface area contributed by atoms with Gasteiger partial charge in [0.05, 0.1) is 22.6 Å². The van der Waals surface area contributed by atoms with Crippen LogP contribution in [0.25, 0.3) is 0 Å². The van der Waals surface area contributed by atoms with E-state index in [0.29, 0.717) is 24.4 Å². The van der Waals surface area contributed by atoms with Crippen LogP contribution in [0.5, 0.6) is 0 Å². The Morgan fingerprint density at radius 1 is 1.08 bits per heavy atom. The van der Waals surface area contributed by atoms with Crippen molar-refractivity contribution in [3.05, 3.63) is 35.4 Å². The fourth-order valence-electron chi connectivity index (χ4n) is 3.92. The van der Waals surface area contributed by atoms with Crippen molar-refractivity contribution in [2.75, 3.05) is 18.1 Å². The van der Waals surface area contributed by atoms with Crippen LogP contribution in [0.3, 0.4) is 0 Å². The van der Waals surface area contributed by atoms with E-state index in [9.17, 15) is 22.8 Å². The molecule has 3 heterocycles. The molecule has 2 saturated heterocycles. The number of carbonyl (C=O) groups excluding carboxylic acids is 3. The molecule has 0 radical (unpaired) electrons. The lowest BCUT2D eigenvalue weighted by molar-refractivity contribution is -0.174. The lowest BCUT2D eigenvalue weighted by atomic mass is 10.1. The van der Waals surface area contributed by atoms with Gasteiger partial charge in [-0.2, -0.15) is 0 Å². The molecule has 4 rings (SSSR count). The Morgan fingerprint density at radius 3 is 2.31 bits per heavy atom. The van der Waals surface area contributed by atoms with E-state index in [-0.39, 0.29) is 28.7 Å². The maximum absolute atomic E-state index is 12.6. The maximum atomic E-state index is 12.6. The Balaban J connectivity index is 1.48. The average molecular weight is 378 g/mol. The largest absolute Gasteiger partial charge is 0.350 e. The van der Waals surface area contributed by atoms with Gasteiger partial charge in [0.1, 0.15) is 6.04 Å². The third-order valence-electron chi connectivity index (χ3n) is 5.18. The molecule has 0 aliphatic carbocycles. The molecule has 0 spiro atoms. The molecule has 8 nitrogen and oxygen atoms in total. The van der Waals surface area contributed by atoms with Crippen LogP contribution in [0.1, 0.15) is 40.0 Å². The van der Waals surface area contributed by atoms with Crippen LogP contribution in [-0.2, 0) is 19.5 Å². The van der Waals surface area contributed by atoms with E-state index in [1.54, 1.807) is 12.1 Å². The third-order valence-corrected chi connectivity index (χ3v) is 6.93. The van der Waals surface area contributed by atoms with Crippen LogP contribution in [0.15, 0.2) is 24.3 Å². The third kappa shape index (κ3) is 2.80. The molecule has 9 heteroatoms. The number of benzene rings is 1. The summed E-state index contributed by atoms with van der Waals surface area (Å²) in [5.74, 6) is -1.86. The van der Waals surface area contributed by atoms with Crippen molar-refractivity contribution in [3.8, 4) is 0 Å². The molecule has 3 aliphatic rings. The van der Waals surface area contributed by atoms with Crippen LogP contribution in [0.4, 0.5) is 0 Å². The second-order valence-corrected chi connectivity index (χ2v) is 9.04. The summed E-state index contributed by atoms with van der Waals surface area (Å²) in [6.45, 7) is 0.599. The minimum Gasteiger partial charge on any atom is -0.328 e. The standard InChI is InChI=1S/C17H18N2O6S/c20-15-12-4-1-2-5-13(12)16(21)19(15)25-17(22)14-6-3-8-18(14)11-7-9-26(23,24)10-11/h1-2,4-5,11,14H,3,6-10H2. The minimum absolute atomic E-state index is 0.0315. The predicted molar refractivity (Wildman–Crippen MR) is 89.8 cm³/mol. The zero-order chi connectivity index (χ0) is 18.5. The monoisotopic (exact) mass is 378 g/mol. The zero-order valence-electron chi connectivity index (χ0n) is 14.0. The molecule has 2 amide bonds. The summed E-state index contributed by atoms with van der Waals surface area (Å²) in [4.78, 5) is 44.2. The molecule has 0 N–H and O–H groups in total. The summed E-state index contributed by atoms with van der Waals surface area (Å²) >= 11 is 0. The fourth-order valence-corrected chi connectivity index (χ4v) is 5.66. The number of rotatable bonds is 3. The Hall–Kier alpha value is -2.26. The van der Waals surface area contributed by atoms with Gasteiger partial charge >= 0.3 is 5.97 Å². The van der Waals surface area contributed by atoms with E-state index < -0.39 is 33.7 Å². The molecular formula is C17H18N2O6S. The van der Waals surface area contributed by atoms with Gasteiger partial charge in [0.25, 0.3) is 11.8 Å². The Bertz CT molecular complexity index is 861. The Morgan fingerprint density at radius 2 is 1.73 bits per heavy atom. The van der Waals surface area contributed by atoms with Crippen molar-refractivity contribution >= 4 is 27.6 Å². The van der Waals surface area contributed by atoms with E-state index in [0.717, 1.165) is 6.42 Å². The van der Waals surface area contributed by atoms with Crippen molar-refractivity contribution in [2.24, 2.45) is 0 Å². The maximum Gasteiger partial charge on any atom is 0.350 e. The van der Waals surface area contributed by atoms with Gasteiger partial charge < -0.3 is 4.84 Å². The number of amides is 2. The molecule has 0 aromatic heterocycles. The van der Waals surface area contributed by atoms with Crippen LogP contribution in [-0.4, -0.2) is 66.3 Å². The number of imide groups is 1. The summed E-state index contributed by atoms with van der Waals surface area (Å²) in [5.41, 5.74) is 0.408. The van der Waals surface area contributed by atoms with E-state index in [2.05, 4.69) is 0 Å². The summed E-state index contributed by atoms with van der Waals surface area (Å²) in [6, 6.07) is 5.42. The van der Waals surface area contributed by atoms with Crippen molar-refractivity contribution < 1.29 is 27.6 Å². The molecule has 0 bridgehead atoms. The van der Waals surface area contributed by atoms with Gasteiger partial charge in [-0.3, -0.25) is 14.5 Å². The van der Waals surface area contributed by atoms with E-state index >= 15 is 0 Å². The number of hydrogen-bond acceptors (Lipinski definition) is 7. The number of likely N-dealkylation sites (tertiary alicyclic amines) is 1. The summed E-state index contributed by atoms with van der Waals surface area (Å²) in [6.07, 6.45) is 1.73. The summed E-state index contributed by atoms with van der Waals surface area (Å²) in [5, 5.41) is 0.509. The lowest BCUT2D eigenvalue weighted by Gasteiger charge is -2.28. The van der Waals surface area contributed by atoms with Crippen molar-refractivity contribution in [3.63, 3.8) is 0 Å². The second kappa shape index (κ2) is 6.17. The smallest absolute Gasteiger partial charge is 0.328 e. The molecule has 138 valence electrons. The number of nitrogens with zero attached hydrogens (tertiary/aromatic N) is 2. The molecule has 1 aromatic rings. The highest BCUT2D eigenvalue weighted by molar-refractivity contribution is 7.91. The SMILES string of the molecule is O=C(ON1C(=O)c2ccccc2C1=O)C1CCCN1C1CCS(=O)(=O)C1. The molecular weight excluding hydrogens is 360 g/mol. The molecule has 1 aromatic carbocycles. The van der Waals surface area contributed by atoms with Crippen LogP contribution < -0.4 is 0 Å². The van der Waals surface area contributed by atoms with Crippen molar-refractivity contribution in [1.29, 1.82) is 0 Å². The molecule has 2 atom stereocenters. The van der Waals surface area contributed by atoms with Gasteiger partial charge in [0, 0.05) is 6.04 Å². The van der Waals surface area contributed by atoms with Gasteiger partial charge in [-0.15, -0.1) is 0 Å². The quantitative estimate of drug-likeness (QED) is 0.701. The van der Waals surface area contributed by atoms with Gasteiger partial charge in [-0.25, -0.2) is 13.2 Å². The minimum atomic E-state index is -3.07. The molecule has 2 fully saturated rings. The lowest BCUT2D eigenvalue weighted by Crippen LogP contribution is -2.47. The molecule has 2 unspecified atom stereocenters. The first-order chi connectivity index (χ1) is 12.4. The summed E-state index contributed by atoms with van der Waals surface area (Å²) in [7, 11) is -3.07. The number of hydroxylamine groups is 2. The number of carbonyl (C=O) groups is 3. The van der Waals surface area contributed by atoms with Gasteiger partial charge in [0.2, 0.25) is 0 Å². The zero-order valence-corrected chi connectivity index (χ0v) is 14.8. The predicted octanol–water partition coefficient (Wildman–Crippen LogP) is 0.392. The Labute approximate surface area is 150 Å². The topological polar surface area (TPSA) is 101 Å². The van der Waals surface area contributed by atoms with E-state index in [1.165, 1.54) is 12.1 Å². The van der Waals surface area contributed by atoms with Crippen molar-refractivity contribution in [1.82, 2.24) is 9.96 Å². The van der Waals surface area contributed by atoms with E-state index in [1.807, 2.05) is 4.90 Å². The van der Waals surface area contributed by atoms with Gasteiger partial charge in [-0.1, -0.05) is 17.2 Å². The van der Waals surface area contributed by atoms with Gasteiger partial charge in [-0.05, 0) is 37.9 Å². The molecule has 3 aliphatic heterocycles. The highest BCUT2D eigenvalue weighted by atomic mass is 32.2. The second-order valence-electron chi connectivity index (χ2n) is 6.81. The first-order valence-corrected chi connectivity index (χ1v) is 10.4. The number of fused-ring (bicyclic) bond motifs is 1. The molecule has 0 saturated carbocycles. The number of hydrogen-bond donors (Lipinski definition) is 0.